The van der Waals surface area contributed by atoms with Crippen molar-refractivity contribution < 1.29 is 4.74 Å². The average molecular weight is 373 g/mol. The van der Waals surface area contributed by atoms with E-state index in [1.165, 1.54) is 0 Å². The van der Waals surface area contributed by atoms with Crippen molar-refractivity contribution in [3.05, 3.63) is 51.5 Å². The highest BCUT2D eigenvalue weighted by atomic mass is 79.9. The number of rotatable bonds is 5. The van der Waals surface area contributed by atoms with Crippen LogP contribution in [0.15, 0.2) is 45.8 Å². The fourth-order valence-corrected chi connectivity index (χ4v) is 3.37. The van der Waals surface area contributed by atoms with E-state index in [0.29, 0.717) is 17.3 Å². The minimum Gasteiger partial charge on any atom is -0.455 e. The molecule has 0 aliphatic heterocycles. The van der Waals surface area contributed by atoms with Gasteiger partial charge in [0, 0.05) is 21.5 Å². The Labute approximate surface area is 136 Å². The SMILES string of the molecule is CCSc1cccc(Oc2ccc(Br)cc2Cl)c1CN. The Hall–Kier alpha value is -0.680. The molecule has 2 aromatic rings. The Kier molecular flexibility index (Phi) is 5.78. The number of ether oxygens (including phenoxy) is 1. The maximum Gasteiger partial charge on any atom is 0.146 e. The third-order valence-corrected chi connectivity index (χ3v) is 4.48. The minimum atomic E-state index is 0.437. The van der Waals surface area contributed by atoms with Crippen molar-refractivity contribution in [1.29, 1.82) is 0 Å². The lowest BCUT2D eigenvalue weighted by molar-refractivity contribution is 0.474. The van der Waals surface area contributed by atoms with E-state index in [-0.39, 0.29) is 0 Å². The largest absolute Gasteiger partial charge is 0.455 e. The molecular weight excluding hydrogens is 358 g/mol. The van der Waals surface area contributed by atoms with Gasteiger partial charge in [-0.15, -0.1) is 11.8 Å². The number of hydrogen-bond acceptors (Lipinski definition) is 3. The summed E-state index contributed by atoms with van der Waals surface area (Å²) in [5.74, 6) is 2.38. The highest BCUT2D eigenvalue weighted by Crippen LogP contribution is 2.36. The smallest absolute Gasteiger partial charge is 0.146 e. The summed E-state index contributed by atoms with van der Waals surface area (Å²) >= 11 is 11.3. The molecule has 106 valence electrons. The molecule has 0 saturated carbocycles. The van der Waals surface area contributed by atoms with Crippen molar-refractivity contribution in [2.45, 2.75) is 18.4 Å². The molecule has 0 radical (unpaired) electrons. The fraction of sp³-hybridized carbons (Fsp3) is 0.200. The maximum absolute atomic E-state index is 6.18. The van der Waals surface area contributed by atoms with Crippen molar-refractivity contribution in [2.24, 2.45) is 5.73 Å². The zero-order valence-corrected chi connectivity index (χ0v) is 14.2. The van der Waals surface area contributed by atoms with Crippen molar-refractivity contribution in [3.63, 3.8) is 0 Å². The predicted octanol–water partition coefficient (Wildman–Crippen LogP) is 5.47. The molecule has 0 aromatic heterocycles. The van der Waals surface area contributed by atoms with Gasteiger partial charge in [-0.3, -0.25) is 0 Å². The number of thioether (sulfide) groups is 1. The molecule has 20 heavy (non-hydrogen) atoms. The van der Waals surface area contributed by atoms with Gasteiger partial charge in [0.2, 0.25) is 0 Å². The Morgan fingerprint density at radius 3 is 2.70 bits per heavy atom. The Bertz CT molecular complexity index is 606. The number of nitrogens with two attached hydrogens (primary N) is 1. The third-order valence-electron chi connectivity index (χ3n) is 2.71. The van der Waals surface area contributed by atoms with E-state index in [2.05, 4.69) is 28.9 Å². The first-order valence-electron chi connectivity index (χ1n) is 6.23. The van der Waals surface area contributed by atoms with Gasteiger partial charge in [0.25, 0.3) is 0 Å². The quantitative estimate of drug-likeness (QED) is 0.707. The van der Waals surface area contributed by atoms with Crippen LogP contribution in [0, 0.1) is 0 Å². The maximum atomic E-state index is 6.18. The summed E-state index contributed by atoms with van der Waals surface area (Å²) in [7, 11) is 0. The van der Waals surface area contributed by atoms with Crippen LogP contribution in [0.4, 0.5) is 0 Å². The summed E-state index contributed by atoms with van der Waals surface area (Å²) in [6.07, 6.45) is 0. The molecule has 5 heteroatoms. The molecule has 0 unspecified atom stereocenters. The van der Waals surface area contributed by atoms with Crippen LogP contribution >= 0.6 is 39.3 Å². The van der Waals surface area contributed by atoms with Gasteiger partial charge in [0.15, 0.2) is 0 Å². The molecule has 0 spiro atoms. The van der Waals surface area contributed by atoms with Crippen LogP contribution in [0.25, 0.3) is 0 Å². The Balaban J connectivity index is 2.35. The predicted molar refractivity (Wildman–Crippen MR) is 90.0 cm³/mol. The van der Waals surface area contributed by atoms with Crippen LogP contribution < -0.4 is 10.5 Å². The van der Waals surface area contributed by atoms with Crippen LogP contribution in [0.1, 0.15) is 12.5 Å². The molecule has 0 amide bonds. The van der Waals surface area contributed by atoms with Gasteiger partial charge in [0.1, 0.15) is 11.5 Å². The summed E-state index contributed by atoms with van der Waals surface area (Å²) in [4.78, 5) is 1.15. The third kappa shape index (κ3) is 3.70. The molecular formula is C15H15BrClNOS. The Morgan fingerprint density at radius 2 is 2.05 bits per heavy atom. The van der Waals surface area contributed by atoms with E-state index < -0.39 is 0 Å². The number of halogens is 2. The van der Waals surface area contributed by atoms with Crippen molar-refractivity contribution in [1.82, 2.24) is 0 Å². The van der Waals surface area contributed by atoms with Gasteiger partial charge in [-0.1, -0.05) is 40.5 Å². The monoisotopic (exact) mass is 371 g/mol. The second-order valence-electron chi connectivity index (χ2n) is 4.05. The molecule has 2 aromatic carbocycles. The zero-order chi connectivity index (χ0) is 14.5. The molecule has 0 aliphatic carbocycles. The highest BCUT2D eigenvalue weighted by molar-refractivity contribution is 9.10. The van der Waals surface area contributed by atoms with Gasteiger partial charge in [0.05, 0.1) is 5.02 Å². The summed E-state index contributed by atoms with van der Waals surface area (Å²) in [5, 5.41) is 0.566. The van der Waals surface area contributed by atoms with Gasteiger partial charge in [-0.2, -0.15) is 0 Å². The number of hydrogen-bond donors (Lipinski definition) is 1. The van der Waals surface area contributed by atoms with E-state index in [9.17, 15) is 0 Å². The summed E-state index contributed by atoms with van der Waals surface area (Å²) in [5.41, 5.74) is 6.88. The van der Waals surface area contributed by atoms with Crippen LogP contribution in [0.5, 0.6) is 11.5 Å². The van der Waals surface area contributed by atoms with Crippen LogP contribution in [0.3, 0.4) is 0 Å². The van der Waals surface area contributed by atoms with E-state index in [1.807, 2.05) is 30.3 Å². The van der Waals surface area contributed by atoms with E-state index >= 15 is 0 Å². The second kappa shape index (κ2) is 7.36. The normalized spacial score (nSPS) is 10.6. The zero-order valence-electron chi connectivity index (χ0n) is 11.0. The lowest BCUT2D eigenvalue weighted by Crippen LogP contribution is -2.02. The first-order valence-corrected chi connectivity index (χ1v) is 8.39. The average Bonchev–Trinajstić information content (AvgIpc) is 2.42. The molecule has 2 N–H and O–H groups in total. The van der Waals surface area contributed by atoms with Gasteiger partial charge in [-0.25, -0.2) is 0 Å². The topological polar surface area (TPSA) is 35.2 Å². The summed E-state index contributed by atoms with van der Waals surface area (Å²) < 4.78 is 6.85. The van der Waals surface area contributed by atoms with Crippen LogP contribution in [-0.4, -0.2) is 5.75 Å². The molecule has 0 saturated heterocycles. The molecule has 0 fully saturated rings. The first kappa shape index (κ1) is 15.7. The molecule has 0 atom stereocenters. The van der Waals surface area contributed by atoms with Gasteiger partial charge < -0.3 is 10.5 Å². The molecule has 0 aliphatic rings. The van der Waals surface area contributed by atoms with Gasteiger partial charge >= 0.3 is 0 Å². The van der Waals surface area contributed by atoms with E-state index in [4.69, 9.17) is 22.1 Å². The lowest BCUT2D eigenvalue weighted by atomic mass is 10.2. The van der Waals surface area contributed by atoms with E-state index in [0.717, 1.165) is 26.4 Å². The highest BCUT2D eigenvalue weighted by Gasteiger charge is 2.11. The lowest BCUT2D eigenvalue weighted by Gasteiger charge is -2.14. The van der Waals surface area contributed by atoms with Crippen molar-refractivity contribution >= 4 is 39.3 Å². The molecule has 2 nitrogen and oxygen atoms in total. The summed E-state index contributed by atoms with van der Waals surface area (Å²) in [6.45, 7) is 2.55. The Morgan fingerprint density at radius 1 is 1.25 bits per heavy atom. The minimum absolute atomic E-state index is 0.437. The molecule has 0 bridgehead atoms. The second-order valence-corrected chi connectivity index (χ2v) is 6.68. The van der Waals surface area contributed by atoms with Crippen LogP contribution in [-0.2, 0) is 6.54 Å². The van der Waals surface area contributed by atoms with Crippen molar-refractivity contribution in [2.75, 3.05) is 5.75 Å². The fourth-order valence-electron chi connectivity index (χ4n) is 1.81. The number of benzene rings is 2. The molecule has 2 rings (SSSR count). The van der Waals surface area contributed by atoms with E-state index in [1.54, 1.807) is 11.8 Å². The first-order chi connectivity index (χ1) is 9.65. The molecule has 0 heterocycles. The van der Waals surface area contributed by atoms with Crippen LogP contribution in [0.2, 0.25) is 5.02 Å². The van der Waals surface area contributed by atoms with Crippen molar-refractivity contribution in [3.8, 4) is 11.5 Å². The summed E-state index contributed by atoms with van der Waals surface area (Å²) in [6, 6.07) is 11.5. The van der Waals surface area contributed by atoms with Gasteiger partial charge in [-0.05, 0) is 36.1 Å². The standard InChI is InChI=1S/C15H15BrClNOS/c1-2-20-15-5-3-4-13(11(15)9-18)19-14-7-6-10(16)8-12(14)17/h3-8H,2,9,18H2,1H3.